The maximum absolute atomic E-state index is 11.3. The Kier molecular flexibility index (Phi) is 4.18. The number of hydrogen-bond donors (Lipinski definition) is 0. The lowest BCUT2D eigenvalue weighted by Crippen LogP contribution is -1.97. The maximum Gasteiger partial charge on any atom is 0.286 e. The highest BCUT2D eigenvalue weighted by molar-refractivity contribution is 14.1. The van der Waals surface area contributed by atoms with Crippen LogP contribution in [0.1, 0.15) is 10.4 Å². The molecule has 2 nitrogen and oxygen atoms in total. The van der Waals surface area contributed by atoms with Crippen molar-refractivity contribution in [3.63, 3.8) is 0 Å². The summed E-state index contributed by atoms with van der Waals surface area (Å²) >= 11 is 9.69. The summed E-state index contributed by atoms with van der Waals surface area (Å²) in [6.45, 7) is 0. The summed E-state index contributed by atoms with van der Waals surface area (Å²) in [6.07, 6.45) is 0. The lowest BCUT2D eigenvalue weighted by atomic mass is 10.2. The van der Waals surface area contributed by atoms with Crippen LogP contribution >= 0.6 is 50.7 Å². The predicted molar refractivity (Wildman–Crippen MR) is 66.2 cm³/mol. The van der Waals surface area contributed by atoms with Gasteiger partial charge in [-0.15, -0.1) is 0 Å². The molecular weight excluding hydrogens is 365 g/mol. The average Bonchev–Trinajstić information content (AvgIpc) is 2.09. The van der Waals surface area contributed by atoms with Gasteiger partial charge in [0.05, 0.1) is 10.7 Å². The van der Waals surface area contributed by atoms with Crippen LogP contribution in [-0.2, 0) is 0 Å². The van der Waals surface area contributed by atoms with Gasteiger partial charge >= 0.3 is 0 Å². The van der Waals surface area contributed by atoms with Crippen molar-refractivity contribution in [1.29, 1.82) is 0 Å². The van der Waals surface area contributed by atoms with E-state index in [9.17, 15) is 4.79 Å². The van der Waals surface area contributed by atoms with Gasteiger partial charge in [0.2, 0.25) is 0 Å². The molecule has 1 amide bonds. The number of hydrogen-bond acceptors (Lipinski definition) is 2. The van der Waals surface area contributed by atoms with Crippen molar-refractivity contribution in [2.24, 2.45) is 4.99 Å². The van der Waals surface area contributed by atoms with Crippen LogP contribution in [0, 0.1) is 3.57 Å². The number of carbonyl (C=O) groups excluding carboxylic acids is 1. The number of benzene rings is 1. The molecule has 0 bridgehead atoms. The Morgan fingerprint density at radius 1 is 1.62 bits per heavy atom. The minimum atomic E-state index is -0.360. The molecule has 1 aromatic rings. The van der Waals surface area contributed by atoms with Crippen molar-refractivity contribution in [2.45, 2.75) is 0 Å². The molecule has 0 radical (unpaired) electrons. The number of aliphatic imine (C=N–C) groups is 1. The average molecular weight is 368 g/mol. The molecule has 0 N–H and O–H groups in total. The van der Waals surface area contributed by atoms with E-state index in [1.54, 1.807) is 6.07 Å². The molecule has 0 spiro atoms. The Morgan fingerprint density at radius 3 is 2.92 bits per heavy atom. The largest absolute Gasteiger partial charge is 0.286 e. The summed E-state index contributed by atoms with van der Waals surface area (Å²) in [4.78, 5) is 14.7. The third-order valence-electron chi connectivity index (χ3n) is 1.31. The summed E-state index contributed by atoms with van der Waals surface area (Å²) < 4.78 is 1.69. The van der Waals surface area contributed by atoms with Crippen molar-refractivity contribution in [2.75, 3.05) is 0 Å². The van der Waals surface area contributed by atoms with Crippen LogP contribution in [0.5, 0.6) is 0 Å². The summed E-state index contributed by atoms with van der Waals surface area (Å²) in [5, 5.41) is 2.05. The molecule has 0 saturated carbocycles. The number of thiocarbonyl (C=S) groups is 1. The highest BCUT2D eigenvalue weighted by Crippen LogP contribution is 2.18. The summed E-state index contributed by atoms with van der Waals surface area (Å²) in [7, 11) is 0. The van der Waals surface area contributed by atoms with E-state index in [1.807, 2.05) is 12.1 Å². The monoisotopic (exact) mass is 367 g/mol. The first-order valence-corrected chi connectivity index (χ1v) is 5.50. The SMILES string of the molecule is O=C(N=C=S)c1cc(Br)ccc1I. The Hall–Kier alpha value is -0.100. The van der Waals surface area contributed by atoms with E-state index in [1.165, 1.54) is 0 Å². The van der Waals surface area contributed by atoms with E-state index in [2.05, 4.69) is 60.9 Å². The quantitative estimate of drug-likeness (QED) is 0.433. The van der Waals surface area contributed by atoms with Gasteiger partial charge in [0, 0.05) is 8.04 Å². The second kappa shape index (κ2) is 4.95. The zero-order valence-corrected chi connectivity index (χ0v) is 10.8. The first-order valence-electron chi connectivity index (χ1n) is 3.22. The third-order valence-corrected chi connectivity index (χ3v) is 2.83. The van der Waals surface area contributed by atoms with Crippen molar-refractivity contribution < 1.29 is 4.79 Å². The van der Waals surface area contributed by atoms with Crippen LogP contribution in [0.2, 0.25) is 0 Å². The summed E-state index contributed by atoms with van der Waals surface area (Å²) in [6, 6.07) is 5.40. The molecule has 13 heavy (non-hydrogen) atoms. The smallest absolute Gasteiger partial charge is 0.266 e. The molecule has 0 aliphatic carbocycles. The second-order valence-electron chi connectivity index (χ2n) is 2.13. The van der Waals surface area contributed by atoms with Gasteiger partial charge in [-0.1, -0.05) is 15.9 Å². The molecule has 0 saturated heterocycles. The van der Waals surface area contributed by atoms with Crippen molar-refractivity contribution in [1.82, 2.24) is 0 Å². The van der Waals surface area contributed by atoms with Crippen LogP contribution in [-0.4, -0.2) is 11.1 Å². The van der Waals surface area contributed by atoms with Crippen LogP contribution < -0.4 is 0 Å². The van der Waals surface area contributed by atoms with Gasteiger partial charge in [-0.25, -0.2) is 0 Å². The Labute approximate surface area is 103 Å². The lowest BCUT2D eigenvalue weighted by Gasteiger charge is -1.98. The van der Waals surface area contributed by atoms with Crippen molar-refractivity contribution in [3.05, 3.63) is 31.8 Å². The molecule has 66 valence electrons. The summed E-state index contributed by atoms with van der Waals surface area (Å²) in [5.41, 5.74) is 0.535. The van der Waals surface area contributed by atoms with Gasteiger partial charge in [-0.3, -0.25) is 4.79 Å². The number of carbonyl (C=O) groups is 1. The topological polar surface area (TPSA) is 29.4 Å². The highest BCUT2D eigenvalue weighted by atomic mass is 127. The van der Waals surface area contributed by atoms with E-state index in [0.717, 1.165) is 8.04 Å². The second-order valence-corrected chi connectivity index (χ2v) is 4.39. The molecule has 0 atom stereocenters. The molecule has 0 aliphatic heterocycles. The first kappa shape index (κ1) is 11.0. The zero-order valence-electron chi connectivity index (χ0n) is 6.25. The number of isothiocyanates is 1. The van der Waals surface area contributed by atoms with E-state index >= 15 is 0 Å². The number of rotatable bonds is 1. The normalized spacial score (nSPS) is 9.08. The van der Waals surface area contributed by atoms with E-state index in [0.29, 0.717) is 5.56 Å². The van der Waals surface area contributed by atoms with Crippen LogP contribution in [0.25, 0.3) is 0 Å². The predicted octanol–water partition coefficient (Wildman–Crippen LogP) is 3.30. The van der Waals surface area contributed by atoms with Gasteiger partial charge in [-0.2, -0.15) is 4.99 Å². The molecule has 0 unspecified atom stereocenters. The molecule has 1 rings (SSSR count). The molecular formula is C8H3BrINOS. The van der Waals surface area contributed by atoms with E-state index in [-0.39, 0.29) is 5.91 Å². The molecule has 1 aromatic carbocycles. The van der Waals surface area contributed by atoms with Crippen LogP contribution in [0.15, 0.2) is 27.7 Å². The fraction of sp³-hybridized carbons (Fsp3) is 0. The Balaban J connectivity index is 3.20. The summed E-state index contributed by atoms with van der Waals surface area (Å²) in [5.74, 6) is -0.360. The number of amides is 1. The Morgan fingerprint density at radius 2 is 2.31 bits per heavy atom. The molecule has 0 aromatic heterocycles. The van der Waals surface area contributed by atoms with Crippen molar-refractivity contribution in [3.8, 4) is 0 Å². The highest BCUT2D eigenvalue weighted by Gasteiger charge is 2.08. The fourth-order valence-electron chi connectivity index (χ4n) is 0.763. The van der Waals surface area contributed by atoms with Crippen LogP contribution in [0.4, 0.5) is 0 Å². The Bertz CT molecular complexity index is 401. The minimum absolute atomic E-state index is 0.360. The zero-order chi connectivity index (χ0) is 9.84. The standard InChI is InChI=1S/C8H3BrINOS/c9-5-1-2-7(10)6(3-5)8(12)11-4-13/h1-3H. The van der Waals surface area contributed by atoms with E-state index < -0.39 is 0 Å². The van der Waals surface area contributed by atoms with Crippen LogP contribution in [0.3, 0.4) is 0 Å². The number of halogens is 2. The maximum atomic E-state index is 11.3. The fourth-order valence-corrected chi connectivity index (χ4v) is 1.77. The third kappa shape index (κ3) is 2.95. The lowest BCUT2D eigenvalue weighted by molar-refractivity contribution is 0.100. The molecule has 5 heteroatoms. The van der Waals surface area contributed by atoms with Gasteiger partial charge in [-0.05, 0) is 53.0 Å². The molecule has 0 aliphatic rings. The molecule has 0 fully saturated rings. The molecule has 0 heterocycles. The van der Waals surface area contributed by atoms with E-state index in [4.69, 9.17) is 0 Å². The van der Waals surface area contributed by atoms with Gasteiger partial charge in [0.25, 0.3) is 5.91 Å². The van der Waals surface area contributed by atoms with Gasteiger partial charge in [0.1, 0.15) is 0 Å². The number of nitrogens with zero attached hydrogens (tertiary/aromatic N) is 1. The van der Waals surface area contributed by atoms with Crippen molar-refractivity contribution >= 4 is 61.8 Å². The van der Waals surface area contributed by atoms with Gasteiger partial charge < -0.3 is 0 Å². The minimum Gasteiger partial charge on any atom is -0.266 e. The first-order chi connectivity index (χ1) is 6.15. The van der Waals surface area contributed by atoms with Gasteiger partial charge in [0.15, 0.2) is 0 Å².